The Morgan fingerprint density at radius 1 is 0.941 bits per heavy atom. The summed E-state index contributed by atoms with van der Waals surface area (Å²) in [4.78, 5) is 5.14. The van der Waals surface area contributed by atoms with Crippen LogP contribution in [0.5, 0.6) is 17.2 Å². The first-order valence-corrected chi connectivity index (χ1v) is 12.6. The number of benzene rings is 2. The number of anilines is 1. The van der Waals surface area contributed by atoms with Gasteiger partial charge in [0, 0.05) is 25.6 Å². The number of fused-ring (bicyclic) bond motifs is 1. The molecular formula is C28H40N2O4. The molecule has 0 bridgehead atoms. The average Bonchev–Trinajstić information content (AvgIpc) is 3.33. The molecule has 2 heterocycles. The number of hydrogen-bond acceptors (Lipinski definition) is 6. The fraction of sp³-hybridized carbons (Fsp3) is 0.571. The highest BCUT2D eigenvalue weighted by Crippen LogP contribution is 2.41. The molecule has 0 radical (unpaired) electrons. The Hall–Kier alpha value is -2.44. The van der Waals surface area contributed by atoms with Crippen LogP contribution in [0, 0.1) is 5.92 Å². The number of hydrogen-bond donors (Lipinski definition) is 0. The molecule has 2 unspecified atom stereocenters. The molecule has 2 aromatic carbocycles. The molecule has 0 aromatic heterocycles. The van der Waals surface area contributed by atoms with E-state index in [9.17, 15) is 0 Å². The van der Waals surface area contributed by atoms with Gasteiger partial charge in [-0.2, -0.15) is 0 Å². The molecule has 2 aliphatic rings. The molecule has 0 amide bonds. The number of rotatable bonds is 10. The SMILES string of the molecule is COc1ccc(C2CCOc3cc(OC)ccc3N2CC(COCC(C)C)N2CCCC2)cc1. The molecule has 186 valence electrons. The Bertz CT molecular complexity index is 896. The Balaban J connectivity index is 1.67. The van der Waals surface area contributed by atoms with E-state index in [0.717, 1.165) is 62.2 Å². The predicted molar refractivity (Wildman–Crippen MR) is 136 cm³/mol. The largest absolute Gasteiger partial charge is 0.497 e. The van der Waals surface area contributed by atoms with Gasteiger partial charge in [0.15, 0.2) is 0 Å². The highest BCUT2D eigenvalue weighted by molar-refractivity contribution is 5.63. The van der Waals surface area contributed by atoms with Crippen molar-refractivity contribution in [2.45, 2.75) is 45.2 Å². The number of likely N-dealkylation sites (tertiary alicyclic amines) is 1. The lowest BCUT2D eigenvalue weighted by molar-refractivity contribution is 0.0562. The van der Waals surface area contributed by atoms with E-state index in [1.165, 1.54) is 18.4 Å². The third-order valence-corrected chi connectivity index (χ3v) is 6.83. The molecule has 4 rings (SSSR count). The minimum atomic E-state index is 0.204. The van der Waals surface area contributed by atoms with E-state index >= 15 is 0 Å². The fourth-order valence-corrected chi connectivity index (χ4v) is 5.02. The molecule has 6 nitrogen and oxygen atoms in total. The second-order valence-electron chi connectivity index (χ2n) is 9.74. The van der Waals surface area contributed by atoms with Crippen molar-refractivity contribution in [3.63, 3.8) is 0 Å². The molecule has 1 saturated heterocycles. The maximum atomic E-state index is 6.25. The van der Waals surface area contributed by atoms with Crippen LogP contribution >= 0.6 is 0 Å². The molecule has 0 aliphatic carbocycles. The summed E-state index contributed by atoms with van der Waals surface area (Å²) in [5.74, 6) is 3.12. The summed E-state index contributed by atoms with van der Waals surface area (Å²) in [6, 6.07) is 15.2. The lowest BCUT2D eigenvalue weighted by atomic mass is 10.0. The standard InChI is InChI=1S/C28H40N2O4/c1-21(2)19-33-20-23(29-14-5-6-15-29)18-30-26(22-7-9-24(31-3)10-8-22)13-16-34-28-17-25(32-4)11-12-27(28)30/h7-12,17,21,23,26H,5-6,13-16,18-20H2,1-4H3. The van der Waals surface area contributed by atoms with Crippen molar-refractivity contribution >= 4 is 5.69 Å². The Labute approximate surface area is 204 Å². The van der Waals surface area contributed by atoms with Gasteiger partial charge in [0.2, 0.25) is 0 Å². The van der Waals surface area contributed by atoms with Crippen LogP contribution in [0.4, 0.5) is 5.69 Å². The summed E-state index contributed by atoms with van der Waals surface area (Å²) in [6.07, 6.45) is 3.43. The molecule has 0 N–H and O–H groups in total. The van der Waals surface area contributed by atoms with Crippen molar-refractivity contribution in [2.75, 3.05) is 58.6 Å². The monoisotopic (exact) mass is 468 g/mol. The molecule has 2 aliphatic heterocycles. The van der Waals surface area contributed by atoms with E-state index < -0.39 is 0 Å². The van der Waals surface area contributed by atoms with Gasteiger partial charge in [-0.3, -0.25) is 4.90 Å². The number of nitrogens with zero attached hydrogens (tertiary/aromatic N) is 2. The van der Waals surface area contributed by atoms with Gasteiger partial charge >= 0.3 is 0 Å². The van der Waals surface area contributed by atoms with Crippen LogP contribution in [0.3, 0.4) is 0 Å². The first-order valence-electron chi connectivity index (χ1n) is 12.6. The van der Waals surface area contributed by atoms with Crippen molar-refractivity contribution in [2.24, 2.45) is 5.92 Å². The summed E-state index contributed by atoms with van der Waals surface area (Å²) in [7, 11) is 3.41. The second-order valence-corrected chi connectivity index (χ2v) is 9.74. The van der Waals surface area contributed by atoms with Gasteiger partial charge in [0.25, 0.3) is 0 Å². The van der Waals surface area contributed by atoms with Crippen molar-refractivity contribution in [1.82, 2.24) is 4.90 Å². The summed E-state index contributed by atoms with van der Waals surface area (Å²) in [5.41, 5.74) is 2.39. The quantitative estimate of drug-likeness (QED) is 0.479. The minimum Gasteiger partial charge on any atom is -0.497 e. The Morgan fingerprint density at radius 2 is 1.65 bits per heavy atom. The summed E-state index contributed by atoms with van der Waals surface area (Å²) >= 11 is 0. The number of ether oxygens (including phenoxy) is 4. The van der Waals surface area contributed by atoms with Gasteiger partial charge in [-0.15, -0.1) is 0 Å². The Kier molecular flexibility index (Phi) is 8.57. The zero-order valence-electron chi connectivity index (χ0n) is 21.2. The third-order valence-electron chi connectivity index (χ3n) is 6.83. The van der Waals surface area contributed by atoms with Crippen LogP contribution < -0.4 is 19.1 Å². The van der Waals surface area contributed by atoms with E-state index in [0.29, 0.717) is 18.6 Å². The molecule has 2 aromatic rings. The third kappa shape index (κ3) is 5.97. The lowest BCUT2D eigenvalue weighted by Gasteiger charge is -2.38. The van der Waals surface area contributed by atoms with Crippen LogP contribution in [-0.4, -0.2) is 64.6 Å². The Morgan fingerprint density at radius 3 is 2.32 bits per heavy atom. The molecule has 2 atom stereocenters. The maximum absolute atomic E-state index is 6.25. The first-order chi connectivity index (χ1) is 16.6. The summed E-state index contributed by atoms with van der Waals surface area (Å²) in [5, 5.41) is 0. The molecule has 1 fully saturated rings. The van der Waals surface area contributed by atoms with Gasteiger partial charge in [-0.1, -0.05) is 26.0 Å². The highest BCUT2D eigenvalue weighted by atomic mass is 16.5. The van der Waals surface area contributed by atoms with Gasteiger partial charge in [0.1, 0.15) is 17.2 Å². The first kappa shape index (κ1) is 24.7. The average molecular weight is 469 g/mol. The van der Waals surface area contributed by atoms with E-state index in [4.69, 9.17) is 18.9 Å². The van der Waals surface area contributed by atoms with Crippen LogP contribution in [0.2, 0.25) is 0 Å². The van der Waals surface area contributed by atoms with Gasteiger partial charge in [0.05, 0.1) is 45.2 Å². The molecule has 0 spiro atoms. The van der Waals surface area contributed by atoms with Crippen molar-refractivity contribution in [1.29, 1.82) is 0 Å². The summed E-state index contributed by atoms with van der Waals surface area (Å²) < 4.78 is 23.3. The van der Waals surface area contributed by atoms with Crippen LogP contribution in [0.25, 0.3) is 0 Å². The molecular weight excluding hydrogens is 428 g/mol. The minimum absolute atomic E-state index is 0.204. The molecule has 34 heavy (non-hydrogen) atoms. The highest BCUT2D eigenvalue weighted by Gasteiger charge is 2.32. The van der Waals surface area contributed by atoms with E-state index in [1.54, 1.807) is 14.2 Å². The number of methoxy groups -OCH3 is 2. The normalized spacial score (nSPS) is 19.4. The smallest absolute Gasteiger partial charge is 0.146 e. The van der Waals surface area contributed by atoms with E-state index in [1.807, 2.05) is 12.1 Å². The van der Waals surface area contributed by atoms with Crippen molar-refractivity contribution < 1.29 is 18.9 Å². The summed E-state index contributed by atoms with van der Waals surface area (Å²) in [6.45, 7) is 9.79. The maximum Gasteiger partial charge on any atom is 0.146 e. The molecule has 6 heteroatoms. The van der Waals surface area contributed by atoms with Gasteiger partial charge < -0.3 is 23.8 Å². The van der Waals surface area contributed by atoms with E-state index in [2.05, 4.69) is 54.0 Å². The van der Waals surface area contributed by atoms with Crippen molar-refractivity contribution in [3.8, 4) is 17.2 Å². The van der Waals surface area contributed by atoms with Crippen LogP contribution in [0.1, 0.15) is 44.7 Å². The lowest BCUT2D eigenvalue weighted by Crippen LogP contribution is -2.47. The second kappa shape index (κ2) is 11.8. The van der Waals surface area contributed by atoms with Crippen molar-refractivity contribution in [3.05, 3.63) is 48.0 Å². The van der Waals surface area contributed by atoms with Gasteiger partial charge in [-0.05, 0) is 61.7 Å². The van der Waals surface area contributed by atoms with Crippen LogP contribution in [-0.2, 0) is 4.74 Å². The zero-order chi connectivity index (χ0) is 23.9. The topological polar surface area (TPSA) is 43.4 Å². The fourth-order valence-electron chi connectivity index (χ4n) is 5.02. The van der Waals surface area contributed by atoms with E-state index in [-0.39, 0.29) is 6.04 Å². The molecule has 0 saturated carbocycles. The predicted octanol–water partition coefficient (Wildman–Crippen LogP) is 5.17. The zero-order valence-corrected chi connectivity index (χ0v) is 21.2. The van der Waals surface area contributed by atoms with Gasteiger partial charge in [-0.25, -0.2) is 0 Å². The van der Waals surface area contributed by atoms with Crippen LogP contribution in [0.15, 0.2) is 42.5 Å².